The number of carboxylic acid groups (broad SMARTS) is 1. The number of aliphatic carboxylic acids is 1. The van der Waals surface area contributed by atoms with Gasteiger partial charge in [0.2, 0.25) is 0 Å². The van der Waals surface area contributed by atoms with Crippen LogP contribution >= 0.6 is 0 Å². The van der Waals surface area contributed by atoms with E-state index in [0.717, 1.165) is 6.08 Å². The molecule has 0 spiro atoms. The second-order valence-electron chi connectivity index (χ2n) is 3.24. The molecule has 4 heteroatoms. The van der Waals surface area contributed by atoms with Gasteiger partial charge in [-0.1, -0.05) is 12.1 Å². The number of halogens is 1. The van der Waals surface area contributed by atoms with Gasteiger partial charge >= 0.3 is 5.97 Å². The average molecular weight is 217 g/mol. The molecule has 0 atom stereocenters. The zero-order chi connectivity index (χ0) is 11.5. The van der Waals surface area contributed by atoms with Gasteiger partial charge in [0, 0.05) is 34.8 Å². The zero-order valence-electron chi connectivity index (χ0n) is 8.22. The first-order valence-corrected chi connectivity index (χ1v) is 4.62. The lowest BCUT2D eigenvalue weighted by Gasteiger charge is -2.01. The number of rotatable bonds is 2. The smallest absolute Gasteiger partial charge is 0.328 e. The van der Waals surface area contributed by atoms with E-state index in [1.807, 2.05) is 0 Å². The van der Waals surface area contributed by atoms with Crippen LogP contribution in [0.25, 0.3) is 16.8 Å². The Balaban J connectivity index is 2.56. The Hall–Kier alpha value is -2.23. The Morgan fingerprint density at radius 2 is 2.19 bits per heavy atom. The fourth-order valence-corrected chi connectivity index (χ4v) is 1.44. The summed E-state index contributed by atoms with van der Waals surface area (Å²) >= 11 is 0. The maximum atomic E-state index is 13.8. The molecule has 1 N–H and O–H groups in total. The number of hydrogen-bond acceptors (Lipinski definition) is 2. The minimum Gasteiger partial charge on any atom is -0.478 e. The Morgan fingerprint density at radius 1 is 1.38 bits per heavy atom. The van der Waals surface area contributed by atoms with Crippen molar-refractivity contribution in [1.82, 2.24) is 4.98 Å². The predicted molar refractivity (Wildman–Crippen MR) is 58.4 cm³/mol. The predicted octanol–water partition coefficient (Wildman–Crippen LogP) is 2.47. The first-order valence-electron chi connectivity index (χ1n) is 4.62. The Kier molecular flexibility index (Phi) is 2.64. The van der Waals surface area contributed by atoms with E-state index < -0.39 is 11.8 Å². The van der Waals surface area contributed by atoms with Crippen LogP contribution in [-0.4, -0.2) is 16.1 Å². The minimum atomic E-state index is -1.10. The first-order chi connectivity index (χ1) is 7.68. The van der Waals surface area contributed by atoms with Gasteiger partial charge in [-0.25, -0.2) is 9.18 Å². The van der Waals surface area contributed by atoms with E-state index >= 15 is 0 Å². The van der Waals surface area contributed by atoms with Gasteiger partial charge in [0.25, 0.3) is 0 Å². The fourth-order valence-electron chi connectivity index (χ4n) is 1.44. The SMILES string of the molecule is O=C(O)C=Cc1ccc2cnccc2c1F. The van der Waals surface area contributed by atoms with Crippen LogP contribution in [0.4, 0.5) is 4.39 Å². The maximum Gasteiger partial charge on any atom is 0.328 e. The molecule has 2 rings (SSSR count). The molecule has 0 saturated carbocycles. The van der Waals surface area contributed by atoms with Gasteiger partial charge < -0.3 is 5.11 Å². The van der Waals surface area contributed by atoms with E-state index in [1.54, 1.807) is 18.3 Å². The van der Waals surface area contributed by atoms with E-state index in [9.17, 15) is 9.18 Å². The Labute approximate surface area is 90.9 Å². The first kappa shape index (κ1) is 10.3. The van der Waals surface area contributed by atoms with Gasteiger partial charge in [-0.3, -0.25) is 4.98 Å². The second-order valence-corrected chi connectivity index (χ2v) is 3.24. The van der Waals surface area contributed by atoms with Crippen molar-refractivity contribution in [2.24, 2.45) is 0 Å². The minimum absolute atomic E-state index is 0.251. The number of fused-ring (bicyclic) bond motifs is 1. The molecule has 80 valence electrons. The van der Waals surface area contributed by atoms with Crippen LogP contribution in [0.2, 0.25) is 0 Å². The second kappa shape index (κ2) is 4.10. The summed E-state index contributed by atoms with van der Waals surface area (Å²) in [5.74, 6) is -1.54. The third-order valence-corrected chi connectivity index (χ3v) is 2.19. The molecule has 0 aliphatic carbocycles. The molecule has 0 unspecified atom stereocenters. The maximum absolute atomic E-state index is 13.8. The van der Waals surface area contributed by atoms with Crippen molar-refractivity contribution in [1.29, 1.82) is 0 Å². The average Bonchev–Trinajstić information content (AvgIpc) is 2.28. The molecule has 3 nitrogen and oxygen atoms in total. The molecule has 0 saturated heterocycles. The highest BCUT2D eigenvalue weighted by Gasteiger charge is 2.04. The summed E-state index contributed by atoms with van der Waals surface area (Å²) in [7, 11) is 0. The third-order valence-electron chi connectivity index (χ3n) is 2.19. The van der Waals surface area contributed by atoms with Crippen molar-refractivity contribution < 1.29 is 14.3 Å². The van der Waals surface area contributed by atoms with Gasteiger partial charge in [0.15, 0.2) is 0 Å². The van der Waals surface area contributed by atoms with E-state index in [0.29, 0.717) is 10.8 Å². The van der Waals surface area contributed by atoms with E-state index in [-0.39, 0.29) is 5.56 Å². The van der Waals surface area contributed by atoms with Crippen molar-refractivity contribution in [3.63, 3.8) is 0 Å². The molecule has 0 amide bonds. The van der Waals surface area contributed by atoms with E-state index in [2.05, 4.69) is 4.98 Å². The monoisotopic (exact) mass is 217 g/mol. The number of carbonyl (C=O) groups is 1. The molecule has 1 aromatic heterocycles. The number of aromatic nitrogens is 1. The summed E-state index contributed by atoms with van der Waals surface area (Å²) in [5.41, 5.74) is 0.251. The lowest BCUT2D eigenvalue weighted by atomic mass is 10.1. The molecular weight excluding hydrogens is 209 g/mol. The Bertz CT molecular complexity index is 578. The third kappa shape index (κ3) is 1.91. The fraction of sp³-hybridized carbons (Fsp3) is 0. The molecule has 0 radical (unpaired) electrons. The Morgan fingerprint density at radius 3 is 2.94 bits per heavy atom. The van der Waals surface area contributed by atoms with Crippen LogP contribution < -0.4 is 0 Å². The van der Waals surface area contributed by atoms with Crippen LogP contribution in [-0.2, 0) is 4.79 Å². The standard InChI is InChI=1S/C12H8FNO2/c13-12-8(3-4-11(15)16)1-2-9-7-14-6-5-10(9)12/h1-7H,(H,15,16). The van der Waals surface area contributed by atoms with Crippen LogP contribution in [0.3, 0.4) is 0 Å². The molecule has 0 bridgehead atoms. The number of nitrogens with zero attached hydrogens (tertiary/aromatic N) is 1. The summed E-state index contributed by atoms with van der Waals surface area (Å²) in [6, 6.07) is 4.79. The number of carboxylic acids is 1. The molecule has 0 fully saturated rings. The summed E-state index contributed by atoms with van der Waals surface area (Å²) in [5, 5.41) is 9.58. The van der Waals surface area contributed by atoms with E-state index in [4.69, 9.17) is 5.11 Å². The van der Waals surface area contributed by atoms with Crippen LogP contribution in [0.5, 0.6) is 0 Å². The topological polar surface area (TPSA) is 50.2 Å². The van der Waals surface area contributed by atoms with Gasteiger partial charge in [0.1, 0.15) is 5.82 Å². The largest absolute Gasteiger partial charge is 0.478 e. The van der Waals surface area contributed by atoms with Gasteiger partial charge in [-0.15, -0.1) is 0 Å². The number of benzene rings is 1. The normalized spacial score (nSPS) is 11.1. The number of pyridine rings is 1. The quantitative estimate of drug-likeness (QED) is 0.786. The molecular formula is C12H8FNO2. The van der Waals surface area contributed by atoms with Crippen molar-refractivity contribution in [2.75, 3.05) is 0 Å². The number of hydrogen-bond donors (Lipinski definition) is 1. The highest BCUT2D eigenvalue weighted by Crippen LogP contribution is 2.20. The highest BCUT2D eigenvalue weighted by atomic mass is 19.1. The van der Waals surface area contributed by atoms with Gasteiger partial charge in [0.05, 0.1) is 0 Å². The van der Waals surface area contributed by atoms with Crippen molar-refractivity contribution in [3.05, 3.63) is 48.0 Å². The van der Waals surface area contributed by atoms with Crippen LogP contribution in [0, 0.1) is 5.82 Å². The summed E-state index contributed by atoms with van der Waals surface area (Å²) in [4.78, 5) is 14.2. The van der Waals surface area contributed by atoms with Gasteiger partial charge in [-0.2, -0.15) is 0 Å². The summed E-state index contributed by atoms with van der Waals surface area (Å²) < 4.78 is 13.8. The molecule has 1 aromatic carbocycles. The van der Waals surface area contributed by atoms with Crippen molar-refractivity contribution in [2.45, 2.75) is 0 Å². The molecule has 1 heterocycles. The molecule has 2 aromatic rings. The van der Waals surface area contributed by atoms with Crippen LogP contribution in [0.15, 0.2) is 36.7 Å². The molecule has 16 heavy (non-hydrogen) atoms. The highest BCUT2D eigenvalue weighted by molar-refractivity contribution is 5.88. The van der Waals surface area contributed by atoms with Crippen molar-refractivity contribution in [3.8, 4) is 0 Å². The van der Waals surface area contributed by atoms with E-state index in [1.165, 1.54) is 18.3 Å². The lowest BCUT2D eigenvalue weighted by molar-refractivity contribution is -0.131. The molecule has 0 aliphatic heterocycles. The zero-order valence-corrected chi connectivity index (χ0v) is 8.22. The lowest BCUT2D eigenvalue weighted by Crippen LogP contribution is -1.89. The summed E-state index contributed by atoms with van der Waals surface area (Å²) in [6.45, 7) is 0. The summed E-state index contributed by atoms with van der Waals surface area (Å²) in [6.07, 6.45) is 5.20. The van der Waals surface area contributed by atoms with Crippen molar-refractivity contribution >= 4 is 22.8 Å². The molecule has 0 aliphatic rings. The van der Waals surface area contributed by atoms with Crippen LogP contribution in [0.1, 0.15) is 5.56 Å². The van der Waals surface area contributed by atoms with Gasteiger partial charge in [-0.05, 0) is 12.1 Å².